The highest BCUT2D eigenvalue weighted by Gasteiger charge is 2.35. The van der Waals surface area contributed by atoms with Crippen LogP contribution >= 0.6 is 0 Å². The minimum Gasteiger partial charge on any atom is -0.385 e. The second kappa shape index (κ2) is 9.70. The Kier molecular flexibility index (Phi) is 6.95. The van der Waals surface area contributed by atoms with Gasteiger partial charge in [-0.05, 0) is 79.3 Å². The molecule has 3 heteroatoms. The zero-order chi connectivity index (χ0) is 22.8. The van der Waals surface area contributed by atoms with Crippen molar-refractivity contribution in [3.05, 3.63) is 78.3 Å². The molecule has 2 unspecified atom stereocenters. The molecule has 1 aliphatic carbocycles. The van der Waals surface area contributed by atoms with Crippen molar-refractivity contribution in [3.63, 3.8) is 0 Å². The number of likely N-dealkylation sites (tertiary alicyclic amines) is 1. The van der Waals surface area contributed by atoms with Crippen molar-refractivity contribution >= 4 is 5.57 Å². The highest BCUT2D eigenvalue weighted by molar-refractivity contribution is 5.73. The number of allylic oxidation sites excluding steroid dienone is 4. The maximum atomic E-state index is 4.47. The van der Waals surface area contributed by atoms with Gasteiger partial charge in [0, 0.05) is 42.0 Å². The van der Waals surface area contributed by atoms with Gasteiger partial charge in [-0.2, -0.15) is 0 Å². The molecule has 0 saturated carbocycles. The van der Waals surface area contributed by atoms with Crippen LogP contribution < -0.4 is 10.6 Å². The highest BCUT2D eigenvalue weighted by atomic mass is 15.1. The van der Waals surface area contributed by atoms with Crippen LogP contribution in [0.3, 0.4) is 0 Å². The lowest BCUT2D eigenvalue weighted by Gasteiger charge is -2.34. The van der Waals surface area contributed by atoms with E-state index in [0.29, 0.717) is 17.8 Å². The summed E-state index contributed by atoms with van der Waals surface area (Å²) in [5, 5.41) is 7.03. The number of nitrogens with one attached hydrogen (secondary N) is 2. The Balaban J connectivity index is 1.31. The largest absolute Gasteiger partial charge is 0.385 e. The van der Waals surface area contributed by atoms with Crippen molar-refractivity contribution in [2.75, 3.05) is 19.6 Å². The molecule has 2 saturated heterocycles. The first kappa shape index (κ1) is 22.9. The third-order valence-corrected chi connectivity index (χ3v) is 7.65. The number of nitrogens with zero attached hydrogens (tertiary/aromatic N) is 1. The van der Waals surface area contributed by atoms with Crippen LogP contribution in [0.4, 0.5) is 0 Å². The molecule has 2 aliphatic heterocycles. The summed E-state index contributed by atoms with van der Waals surface area (Å²) < 4.78 is 0. The molecule has 172 valence electrons. The molecule has 1 aromatic rings. The maximum absolute atomic E-state index is 4.47. The van der Waals surface area contributed by atoms with E-state index in [1.165, 1.54) is 60.4 Å². The Morgan fingerprint density at radius 3 is 2.56 bits per heavy atom. The number of rotatable bonds is 7. The van der Waals surface area contributed by atoms with Crippen LogP contribution in [0.2, 0.25) is 0 Å². The fourth-order valence-corrected chi connectivity index (χ4v) is 5.85. The molecule has 0 bridgehead atoms. The van der Waals surface area contributed by atoms with Crippen molar-refractivity contribution in [1.82, 2.24) is 15.5 Å². The number of hydrogen-bond donors (Lipinski definition) is 2. The SMILES string of the molecule is C=C1CCC(C2Cc3cc(CNC(=C)C4CCN(CC(C)C)CC4)ccc3C2=C)C(=C)N1. The first-order chi connectivity index (χ1) is 15.3. The fourth-order valence-electron chi connectivity index (χ4n) is 5.85. The lowest BCUT2D eigenvalue weighted by atomic mass is 9.80. The minimum atomic E-state index is 0.448. The molecule has 2 heterocycles. The number of fused-ring (bicyclic) bond motifs is 1. The number of piperidine rings is 2. The molecule has 0 spiro atoms. The Morgan fingerprint density at radius 1 is 1.12 bits per heavy atom. The van der Waals surface area contributed by atoms with Gasteiger partial charge < -0.3 is 15.5 Å². The smallest absolute Gasteiger partial charge is 0.0397 e. The molecular formula is C29H41N3. The Bertz CT molecular complexity index is 901. The van der Waals surface area contributed by atoms with E-state index < -0.39 is 0 Å². The van der Waals surface area contributed by atoms with E-state index in [4.69, 9.17) is 0 Å². The maximum Gasteiger partial charge on any atom is 0.0397 e. The van der Waals surface area contributed by atoms with E-state index in [1.54, 1.807) is 0 Å². The third-order valence-electron chi connectivity index (χ3n) is 7.65. The lowest BCUT2D eigenvalue weighted by molar-refractivity contribution is 0.177. The number of hydrogen-bond acceptors (Lipinski definition) is 3. The molecule has 32 heavy (non-hydrogen) atoms. The van der Waals surface area contributed by atoms with Gasteiger partial charge in [-0.15, -0.1) is 0 Å². The van der Waals surface area contributed by atoms with Crippen LogP contribution in [-0.4, -0.2) is 24.5 Å². The van der Waals surface area contributed by atoms with Gasteiger partial charge in [-0.1, -0.05) is 58.4 Å². The summed E-state index contributed by atoms with van der Waals surface area (Å²) in [6.07, 6.45) is 5.64. The Morgan fingerprint density at radius 2 is 1.88 bits per heavy atom. The molecule has 2 N–H and O–H groups in total. The topological polar surface area (TPSA) is 27.3 Å². The van der Waals surface area contributed by atoms with Crippen LogP contribution in [0.15, 0.2) is 61.6 Å². The highest BCUT2D eigenvalue weighted by Crippen LogP contribution is 2.45. The Hall–Kier alpha value is -2.26. The van der Waals surface area contributed by atoms with E-state index in [9.17, 15) is 0 Å². The molecule has 1 aromatic carbocycles. The minimum absolute atomic E-state index is 0.448. The third kappa shape index (κ3) is 5.04. The Labute approximate surface area is 195 Å². The molecule has 3 nitrogen and oxygen atoms in total. The summed E-state index contributed by atoms with van der Waals surface area (Å²) in [6, 6.07) is 6.91. The van der Waals surface area contributed by atoms with E-state index in [0.717, 1.165) is 43.1 Å². The van der Waals surface area contributed by atoms with Crippen LogP contribution in [-0.2, 0) is 13.0 Å². The van der Waals surface area contributed by atoms with Gasteiger partial charge >= 0.3 is 0 Å². The van der Waals surface area contributed by atoms with Gasteiger partial charge in [0.1, 0.15) is 0 Å². The molecule has 3 aliphatic rings. The summed E-state index contributed by atoms with van der Waals surface area (Å²) in [5.41, 5.74) is 8.80. The van der Waals surface area contributed by atoms with Gasteiger partial charge in [0.15, 0.2) is 0 Å². The lowest BCUT2D eigenvalue weighted by Crippen LogP contribution is -2.37. The van der Waals surface area contributed by atoms with Crippen LogP contribution in [0, 0.1) is 23.7 Å². The predicted octanol–water partition coefficient (Wildman–Crippen LogP) is 5.87. The summed E-state index contributed by atoms with van der Waals surface area (Å²) in [7, 11) is 0. The molecular weight excluding hydrogens is 390 g/mol. The monoisotopic (exact) mass is 431 g/mol. The van der Waals surface area contributed by atoms with Crippen molar-refractivity contribution in [1.29, 1.82) is 0 Å². The van der Waals surface area contributed by atoms with Crippen molar-refractivity contribution in [2.24, 2.45) is 23.7 Å². The van der Waals surface area contributed by atoms with Gasteiger partial charge in [-0.25, -0.2) is 0 Å². The van der Waals surface area contributed by atoms with Gasteiger partial charge in [0.05, 0.1) is 0 Å². The summed E-state index contributed by atoms with van der Waals surface area (Å²) in [6.45, 7) is 26.3. The van der Waals surface area contributed by atoms with E-state index in [-0.39, 0.29) is 0 Å². The van der Waals surface area contributed by atoms with Crippen molar-refractivity contribution < 1.29 is 0 Å². The van der Waals surface area contributed by atoms with Crippen LogP contribution in [0.25, 0.3) is 5.57 Å². The summed E-state index contributed by atoms with van der Waals surface area (Å²) >= 11 is 0. The molecule has 0 amide bonds. The van der Waals surface area contributed by atoms with E-state index in [1.807, 2.05) is 0 Å². The van der Waals surface area contributed by atoms with Crippen LogP contribution in [0.1, 0.15) is 56.2 Å². The summed E-state index contributed by atoms with van der Waals surface area (Å²) in [4.78, 5) is 2.60. The molecule has 2 fully saturated rings. The average Bonchev–Trinajstić information content (AvgIpc) is 3.08. The normalized spacial score (nSPS) is 24.5. The summed E-state index contributed by atoms with van der Waals surface area (Å²) in [5.74, 6) is 2.24. The van der Waals surface area contributed by atoms with Crippen molar-refractivity contribution in [2.45, 2.75) is 52.5 Å². The molecule has 0 radical (unpaired) electrons. The van der Waals surface area contributed by atoms with Gasteiger partial charge in [-0.3, -0.25) is 0 Å². The fraction of sp³-hybridized carbons (Fsp3) is 0.517. The first-order valence-electron chi connectivity index (χ1n) is 12.4. The second-order valence-electron chi connectivity index (χ2n) is 10.6. The number of benzene rings is 1. The average molecular weight is 432 g/mol. The second-order valence-corrected chi connectivity index (χ2v) is 10.6. The van der Waals surface area contributed by atoms with Crippen LogP contribution in [0.5, 0.6) is 0 Å². The quantitative estimate of drug-likeness (QED) is 0.565. The molecule has 4 rings (SSSR count). The molecule has 0 aromatic heterocycles. The van der Waals surface area contributed by atoms with E-state index >= 15 is 0 Å². The predicted molar refractivity (Wildman–Crippen MR) is 137 cm³/mol. The zero-order valence-electron chi connectivity index (χ0n) is 20.2. The van der Waals surface area contributed by atoms with Gasteiger partial charge in [0.25, 0.3) is 0 Å². The first-order valence-corrected chi connectivity index (χ1v) is 12.4. The van der Waals surface area contributed by atoms with Crippen molar-refractivity contribution in [3.8, 4) is 0 Å². The standard InChI is InChI=1S/C29H41N3/c1-19(2)18-32-13-11-25(12-14-32)22(5)30-17-24-8-10-27-21(4)29(16-26(27)15-24)28-9-7-20(3)31-23(28)6/h8,10,15,19,25,28-31H,3-7,9,11-14,16-18H2,1-2H3. The molecule has 2 atom stereocenters. The van der Waals surface area contributed by atoms with E-state index in [2.05, 4.69) is 73.9 Å². The van der Waals surface area contributed by atoms with Gasteiger partial charge in [0.2, 0.25) is 0 Å². The zero-order valence-corrected chi connectivity index (χ0v) is 20.2.